The zero-order valence-electron chi connectivity index (χ0n) is 12.5. The summed E-state index contributed by atoms with van der Waals surface area (Å²) >= 11 is 0. The van der Waals surface area contributed by atoms with Crippen molar-refractivity contribution in [3.8, 4) is 0 Å². The molecule has 0 saturated heterocycles. The maximum Gasteiger partial charge on any atom is 0.331 e. The third kappa shape index (κ3) is 5.09. The summed E-state index contributed by atoms with van der Waals surface area (Å²) in [5, 5.41) is 12.0. The first-order valence-corrected chi connectivity index (χ1v) is 7.13. The fourth-order valence-electron chi connectivity index (χ4n) is 2.80. The molecule has 7 nitrogen and oxygen atoms in total. The molecule has 0 spiro atoms. The summed E-state index contributed by atoms with van der Waals surface area (Å²) < 4.78 is 0. The van der Waals surface area contributed by atoms with Crippen LogP contribution in [-0.2, 0) is 9.59 Å². The Hall–Kier alpha value is -2.05. The summed E-state index contributed by atoms with van der Waals surface area (Å²) in [5.41, 5.74) is 11.2. The Morgan fingerprint density at radius 2 is 2.19 bits per heavy atom. The van der Waals surface area contributed by atoms with Crippen LogP contribution in [0, 0.1) is 5.92 Å². The molecule has 7 heteroatoms. The SMILES string of the molecule is CCC[C@H](NC(C)=O)[C@H]1CC=C(C(=O)O)C[C@@H]1N=C(N)N. The van der Waals surface area contributed by atoms with Crippen molar-refractivity contribution in [1.29, 1.82) is 0 Å². The van der Waals surface area contributed by atoms with Gasteiger partial charge in [0.1, 0.15) is 0 Å². The van der Waals surface area contributed by atoms with Crippen LogP contribution in [0.1, 0.15) is 39.5 Å². The minimum absolute atomic E-state index is 0.000880. The fraction of sp³-hybridized carbons (Fsp3) is 0.643. The Kier molecular flexibility index (Phi) is 6.20. The van der Waals surface area contributed by atoms with Gasteiger partial charge in [0.25, 0.3) is 0 Å². The zero-order valence-corrected chi connectivity index (χ0v) is 12.5. The lowest BCUT2D eigenvalue weighted by atomic mass is 9.79. The van der Waals surface area contributed by atoms with Gasteiger partial charge in [-0.05, 0) is 12.8 Å². The van der Waals surface area contributed by atoms with Gasteiger partial charge in [-0.2, -0.15) is 0 Å². The first-order chi connectivity index (χ1) is 9.85. The van der Waals surface area contributed by atoms with Gasteiger partial charge in [0, 0.05) is 30.9 Å². The average molecular weight is 296 g/mol. The van der Waals surface area contributed by atoms with Crippen LogP contribution < -0.4 is 16.8 Å². The smallest absolute Gasteiger partial charge is 0.331 e. The molecule has 1 rings (SSSR count). The number of hydrogen-bond acceptors (Lipinski definition) is 3. The number of hydrogen-bond donors (Lipinski definition) is 4. The van der Waals surface area contributed by atoms with E-state index in [0.29, 0.717) is 12.0 Å². The molecule has 0 aromatic carbocycles. The second-order valence-electron chi connectivity index (χ2n) is 5.36. The first-order valence-electron chi connectivity index (χ1n) is 7.13. The van der Waals surface area contributed by atoms with E-state index in [0.717, 1.165) is 12.8 Å². The summed E-state index contributed by atoms with van der Waals surface area (Å²) in [4.78, 5) is 26.7. The molecule has 0 heterocycles. The van der Waals surface area contributed by atoms with Gasteiger partial charge in [0.15, 0.2) is 5.96 Å². The van der Waals surface area contributed by atoms with Crippen LogP contribution in [-0.4, -0.2) is 35.0 Å². The lowest BCUT2D eigenvalue weighted by Gasteiger charge is -2.34. The highest BCUT2D eigenvalue weighted by atomic mass is 16.4. The third-order valence-corrected chi connectivity index (χ3v) is 3.65. The molecule has 118 valence electrons. The number of carboxylic acids is 1. The summed E-state index contributed by atoms with van der Waals surface area (Å²) in [6.07, 6.45) is 4.23. The standard InChI is InChI=1S/C14H24N4O3/c1-3-4-11(17-8(2)19)10-6-5-9(13(20)21)7-12(10)18-14(15)16/h5,10-12H,3-4,6-7H2,1-2H3,(H,17,19)(H,20,21)(H4,15,16,18)/t10-,11+,12+/m1/s1. The van der Waals surface area contributed by atoms with E-state index in [2.05, 4.69) is 10.3 Å². The van der Waals surface area contributed by atoms with Crippen molar-refractivity contribution >= 4 is 17.8 Å². The molecule has 0 fully saturated rings. The number of rotatable bonds is 6. The van der Waals surface area contributed by atoms with Crippen LogP contribution >= 0.6 is 0 Å². The molecule has 0 aromatic heterocycles. The number of aliphatic carboxylic acids is 1. The highest BCUT2D eigenvalue weighted by Gasteiger charge is 2.33. The van der Waals surface area contributed by atoms with E-state index >= 15 is 0 Å². The van der Waals surface area contributed by atoms with Crippen LogP contribution in [0.15, 0.2) is 16.6 Å². The quantitative estimate of drug-likeness (QED) is 0.415. The second-order valence-corrected chi connectivity index (χ2v) is 5.36. The molecule has 21 heavy (non-hydrogen) atoms. The van der Waals surface area contributed by atoms with Gasteiger partial charge in [-0.25, -0.2) is 9.79 Å². The van der Waals surface area contributed by atoms with E-state index in [-0.39, 0.29) is 36.3 Å². The minimum atomic E-state index is -0.948. The van der Waals surface area contributed by atoms with Gasteiger partial charge >= 0.3 is 5.97 Å². The summed E-state index contributed by atoms with van der Waals surface area (Å²) in [5.74, 6) is -1.12. The Morgan fingerprint density at radius 1 is 1.52 bits per heavy atom. The van der Waals surface area contributed by atoms with Crippen LogP contribution in [0.2, 0.25) is 0 Å². The predicted molar refractivity (Wildman–Crippen MR) is 80.6 cm³/mol. The van der Waals surface area contributed by atoms with Gasteiger partial charge in [0.2, 0.25) is 5.91 Å². The molecule has 3 atom stereocenters. The molecule has 0 radical (unpaired) electrons. The lowest BCUT2D eigenvalue weighted by molar-refractivity contribution is -0.133. The molecule has 0 bridgehead atoms. The van der Waals surface area contributed by atoms with E-state index in [1.54, 1.807) is 6.08 Å². The zero-order chi connectivity index (χ0) is 16.0. The number of nitrogens with zero attached hydrogens (tertiary/aromatic N) is 1. The number of aliphatic imine (C=N–C) groups is 1. The van der Waals surface area contributed by atoms with Gasteiger partial charge in [0.05, 0.1) is 6.04 Å². The Balaban J connectivity index is 3.01. The van der Waals surface area contributed by atoms with Crippen molar-refractivity contribution < 1.29 is 14.7 Å². The summed E-state index contributed by atoms with van der Waals surface area (Å²) in [6.45, 7) is 3.51. The molecule has 1 aliphatic rings. The van der Waals surface area contributed by atoms with Crippen LogP contribution in [0.3, 0.4) is 0 Å². The van der Waals surface area contributed by atoms with Crippen molar-refractivity contribution in [2.75, 3.05) is 0 Å². The van der Waals surface area contributed by atoms with Crippen molar-refractivity contribution in [3.05, 3.63) is 11.6 Å². The molecular formula is C14H24N4O3. The highest BCUT2D eigenvalue weighted by Crippen LogP contribution is 2.31. The van der Waals surface area contributed by atoms with Crippen molar-refractivity contribution in [2.45, 2.75) is 51.6 Å². The van der Waals surface area contributed by atoms with Gasteiger partial charge in [-0.1, -0.05) is 19.4 Å². The maximum atomic E-state index is 11.4. The number of carboxylic acid groups (broad SMARTS) is 1. The molecule has 0 aliphatic heterocycles. The normalized spacial score (nSPS) is 22.9. The summed E-state index contributed by atoms with van der Waals surface area (Å²) in [6, 6.07) is -0.387. The number of allylic oxidation sites excluding steroid dienone is 1. The molecule has 0 unspecified atom stereocenters. The van der Waals surface area contributed by atoms with E-state index in [1.165, 1.54) is 6.92 Å². The van der Waals surface area contributed by atoms with Crippen molar-refractivity contribution in [1.82, 2.24) is 5.32 Å². The van der Waals surface area contributed by atoms with E-state index in [1.807, 2.05) is 6.92 Å². The second kappa shape index (κ2) is 7.66. The molecule has 6 N–H and O–H groups in total. The van der Waals surface area contributed by atoms with Crippen LogP contribution in [0.25, 0.3) is 0 Å². The van der Waals surface area contributed by atoms with Crippen LogP contribution in [0.4, 0.5) is 0 Å². The molecular weight excluding hydrogens is 272 g/mol. The monoisotopic (exact) mass is 296 g/mol. The molecule has 0 saturated carbocycles. The molecule has 1 aliphatic carbocycles. The predicted octanol–water partition coefficient (Wildman–Crippen LogP) is 0.354. The van der Waals surface area contributed by atoms with Gasteiger partial charge in [-0.3, -0.25) is 4.79 Å². The Morgan fingerprint density at radius 3 is 2.67 bits per heavy atom. The number of carbonyl (C=O) groups is 2. The average Bonchev–Trinajstić information content (AvgIpc) is 2.36. The van der Waals surface area contributed by atoms with E-state index < -0.39 is 5.97 Å². The Labute approximate surface area is 124 Å². The Bertz CT molecular complexity index is 455. The summed E-state index contributed by atoms with van der Waals surface area (Å²) in [7, 11) is 0. The van der Waals surface area contributed by atoms with Crippen LogP contribution in [0.5, 0.6) is 0 Å². The van der Waals surface area contributed by atoms with E-state index in [4.69, 9.17) is 16.6 Å². The molecule has 1 amide bonds. The maximum absolute atomic E-state index is 11.4. The molecule has 0 aromatic rings. The lowest BCUT2D eigenvalue weighted by Crippen LogP contribution is -2.45. The van der Waals surface area contributed by atoms with Crippen molar-refractivity contribution in [2.24, 2.45) is 22.4 Å². The van der Waals surface area contributed by atoms with Gasteiger partial charge < -0.3 is 21.9 Å². The van der Waals surface area contributed by atoms with E-state index in [9.17, 15) is 9.59 Å². The number of guanidine groups is 1. The van der Waals surface area contributed by atoms with Crippen molar-refractivity contribution in [3.63, 3.8) is 0 Å². The largest absolute Gasteiger partial charge is 0.478 e. The number of nitrogens with one attached hydrogen (secondary N) is 1. The number of carbonyl (C=O) groups excluding carboxylic acids is 1. The highest BCUT2D eigenvalue weighted by molar-refractivity contribution is 5.87. The number of nitrogens with two attached hydrogens (primary N) is 2. The fourth-order valence-corrected chi connectivity index (χ4v) is 2.80. The topological polar surface area (TPSA) is 131 Å². The third-order valence-electron chi connectivity index (χ3n) is 3.65. The van der Waals surface area contributed by atoms with Gasteiger partial charge in [-0.15, -0.1) is 0 Å². The first kappa shape index (κ1) is 17.0. The number of amides is 1. The minimum Gasteiger partial charge on any atom is -0.478 e.